The van der Waals surface area contributed by atoms with E-state index in [0.717, 1.165) is 23.6 Å². The zero-order chi connectivity index (χ0) is 30.6. The second-order valence-electron chi connectivity index (χ2n) is 8.32. The van der Waals surface area contributed by atoms with E-state index in [9.17, 15) is 42.5 Å². The average Bonchev–Trinajstić information content (AvgIpc) is 3.59. The molecular weight excluding hydrogens is 622 g/mol. The molecule has 1 aliphatic heterocycles. The lowest BCUT2D eigenvalue weighted by Crippen LogP contribution is -2.74. The standard InChI is InChI=1S/C20H21N9O10S3/c21-19-25-11(7-41-19)15(27-39-5-9-6-40-8-24-9)17(32)26-16-12(29(18(16)33)42(36,37)38)3-23-20(34)22-2-10-1-13(30)14(31)4-28(10)35/h1,4,6-8,12,16,31,35H,2-3,5H2,(H2,21,25)(H,26,32)(H2,22,23,34)(H,36,37,38)/b27-15-/t12-,16+/m1/s1. The molecule has 1 aliphatic rings. The molecule has 0 spiro atoms. The Labute approximate surface area is 243 Å². The SMILES string of the molecule is Nc1nc(/C(=N/OCc2cscn2)C(=O)N[C@@H]2C(=O)N(S(=O)(=O)O)[C@@H]2CNC(=O)NCc2cc(=O)c(O)cn2O)cs1. The van der Waals surface area contributed by atoms with Gasteiger partial charge in [0.1, 0.15) is 11.7 Å². The van der Waals surface area contributed by atoms with Crippen LogP contribution in [-0.2, 0) is 37.9 Å². The number of nitrogens with zero attached hydrogens (tertiary/aromatic N) is 5. The van der Waals surface area contributed by atoms with Crippen molar-refractivity contribution >= 4 is 61.7 Å². The van der Waals surface area contributed by atoms with Gasteiger partial charge in [0.15, 0.2) is 23.2 Å². The molecule has 3 aromatic rings. The smallest absolute Gasteiger partial charge is 0.362 e. The number of urea groups is 1. The fourth-order valence-corrected chi connectivity index (χ4v) is 5.53. The van der Waals surface area contributed by atoms with Crippen LogP contribution in [0.3, 0.4) is 0 Å². The molecule has 1 fully saturated rings. The van der Waals surface area contributed by atoms with Crippen molar-refractivity contribution in [3.8, 4) is 5.75 Å². The number of carbonyl (C=O) groups is 3. The minimum Gasteiger partial charge on any atom is -0.503 e. The van der Waals surface area contributed by atoms with Gasteiger partial charge in [-0.15, -0.1) is 22.7 Å². The topological polar surface area (TPSA) is 281 Å². The van der Waals surface area contributed by atoms with Gasteiger partial charge >= 0.3 is 16.3 Å². The van der Waals surface area contributed by atoms with Crippen molar-refractivity contribution in [1.29, 1.82) is 0 Å². The van der Waals surface area contributed by atoms with Gasteiger partial charge in [0.25, 0.3) is 11.8 Å². The third-order valence-corrected chi connectivity index (χ3v) is 7.78. The van der Waals surface area contributed by atoms with Crippen LogP contribution in [0.5, 0.6) is 5.75 Å². The lowest BCUT2D eigenvalue weighted by Gasteiger charge is -2.44. The molecule has 4 amide bonds. The Kier molecular flexibility index (Phi) is 8.89. The van der Waals surface area contributed by atoms with Crippen molar-refractivity contribution in [3.05, 3.63) is 55.8 Å². The Morgan fingerprint density at radius 3 is 2.64 bits per heavy atom. The molecule has 22 heteroatoms. The quantitative estimate of drug-likeness (QED) is 0.0400. The maximum absolute atomic E-state index is 13.1. The van der Waals surface area contributed by atoms with Crippen LogP contribution in [0, 0.1) is 0 Å². The number of hydrogen-bond donors (Lipinski definition) is 7. The Hall–Kier alpha value is -4.80. The highest BCUT2D eigenvalue weighted by molar-refractivity contribution is 7.84. The number of aromatic nitrogens is 3. The Balaban J connectivity index is 1.44. The minimum atomic E-state index is -5.08. The van der Waals surface area contributed by atoms with Crippen LogP contribution in [-0.4, -0.2) is 84.5 Å². The number of nitrogen functional groups attached to an aromatic ring is 1. The van der Waals surface area contributed by atoms with Gasteiger partial charge in [0.2, 0.25) is 5.43 Å². The third kappa shape index (κ3) is 6.91. The first-order chi connectivity index (χ1) is 19.8. The summed E-state index contributed by atoms with van der Waals surface area (Å²) in [4.78, 5) is 62.7. The van der Waals surface area contributed by atoms with Gasteiger partial charge in [-0.3, -0.25) is 18.9 Å². The fraction of sp³-hybridized carbons (Fsp3) is 0.250. The molecule has 4 heterocycles. The number of anilines is 1. The summed E-state index contributed by atoms with van der Waals surface area (Å²) in [5.41, 5.74) is 6.41. The van der Waals surface area contributed by atoms with Crippen LogP contribution in [0.15, 0.2) is 38.5 Å². The summed E-state index contributed by atoms with van der Waals surface area (Å²) in [6.45, 7) is -1.08. The highest BCUT2D eigenvalue weighted by Gasteiger charge is 2.54. The molecule has 0 saturated carbocycles. The van der Waals surface area contributed by atoms with Crippen molar-refractivity contribution in [1.82, 2.24) is 35.0 Å². The molecule has 0 aliphatic carbocycles. The van der Waals surface area contributed by atoms with Crippen molar-refractivity contribution in [2.45, 2.75) is 25.2 Å². The fourth-order valence-electron chi connectivity index (χ4n) is 3.56. The summed E-state index contributed by atoms with van der Waals surface area (Å²) in [6, 6.07) is -3.09. The Morgan fingerprint density at radius 1 is 1.24 bits per heavy atom. The summed E-state index contributed by atoms with van der Waals surface area (Å²) in [5.74, 6) is -2.93. The van der Waals surface area contributed by atoms with Gasteiger partial charge in [0, 0.05) is 23.4 Å². The van der Waals surface area contributed by atoms with Crippen LogP contribution in [0.4, 0.5) is 9.93 Å². The van der Waals surface area contributed by atoms with Gasteiger partial charge in [0.05, 0.1) is 35.7 Å². The van der Waals surface area contributed by atoms with Gasteiger partial charge in [-0.1, -0.05) is 5.16 Å². The number of pyridine rings is 1. The third-order valence-electron chi connectivity index (χ3n) is 5.53. The zero-order valence-corrected chi connectivity index (χ0v) is 23.3. The molecule has 0 aromatic carbocycles. The lowest BCUT2D eigenvalue weighted by molar-refractivity contribution is -0.144. The van der Waals surface area contributed by atoms with E-state index in [0.29, 0.717) is 10.4 Å². The summed E-state index contributed by atoms with van der Waals surface area (Å²) in [5, 5.41) is 32.8. The maximum atomic E-state index is 13.1. The molecule has 224 valence electrons. The maximum Gasteiger partial charge on any atom is 0.362 e. The number of oxime groups is 1. The number of rotatable bonds is 11. The number of thiazole rings is 2. The molecule has 8 N–H and O–H groups in total. The summed E-state index contributed by atoms with van der Waals surface area (Å²) in [6.07, 6.45) is 0.718. The van der Waals surface area contributed by atoms with Crippen LogP contribution in [0.1, 0.15) is 17.1 Å². The summed E-state index contributed by atoms with van der Waals surface area (Å²) < 4.78 is 33.6. The predicted octanol–water partition coefficient (Wildman–Crippen LogP) is -1.79. The second kappa shape index (κ2) is 12.4. The van der Waals surface area contributed by atoms with Crippen LogP contribution < -0.4 is 27.1 Å². The molecule has 0 unspecified atom stereocenters. The number of nitrogens with two attached hydrogens (primary N) is 1. The number of amides is 4. The predicted molar refractivity (Wildman–Crippen MR) is 144 cm³/mol. The molecule has 42 heavy (non-hydrogen) atoms. The minimum absolute atomic E-state index is 0.00247. The summed E-state index contributed by atoms with van der Waals surface area (Å²) in [7, 11) is -5.08. The molecule has 1 saturated heterocycles. The monoisotopic (exact) mass is 643 g/mol. The molecular formula is C20H21N9O10S3. The number of β-lactam (4-membered cyclic amide) rings is 1. The molecule has 0 radical (unpaired) electrons. The van der Waals surface area contributed by atoms with E-state index in [4.69, 9.17) is 10.6 Å². The normalized spacial score (nSPS) is 16.9. The number of carbonyl (C=O) groups excluding carboxylic acids is 3. The highest BCUT2D eigenvalue weighted by atomic mass is 32.2. The van der Waals surface area contributed by atoms with Crippen molar-refractivity contribution in [2.24, 2.45) is 5.16 Å². The molecule has 4 rings (SSSR count). The van der Waals surface area contributed by atoms with Crippen LogP contribution in [0.2, 0.25) is 0 Å². The van der Waals surface area contributed by atoms with Crippen LogP contribution in [0.25, 0.3) is 0 Å². The molecule has 3 aromatic heterocycles. The lowest BCUT2D eigenvalue weighted by atomic mass is 9.98. The number of nitrogens with one attached hydrogen (secondary N) is 3. The average molecular weight is 644 g/mol. The van der Waals surface area contributed by atoms with Gasteiger partial charge in [-0.05, 0) is 0 Å². The van der Waals surface area contributed by atoms with Crippen molar-refractivity contribution in [3.63, 3.8) is 0 Å². The van der Waals surface area contributed by atoms with Gasteiger partial charge in [-0.25, -0.2) is 19.1 Å². The highest BCUT2D eigenvalue weighted by Crippen LogP contribution is 2.23. The number of aromatic hydroxyl groups is 1. The van der Waals surface area contributed by atoms with E-state index in [1.54, 1.807) is 10.9 Å². The molecule has 0 bridgehead atoms. The summed E-state index contributed by atoms with van der Waals surface area (Å²) >= 11 is 2.30. The largest absolute Gasteiger partial charge is 0.503 e. The van der Waals surface area contributed by atoms with E-state index in [1.165, 1.54) is 16.7 Å². The first-order valence-electron chi connectivity index (χ1n) is 11.4. The Morgan fingerprint density at radius 2 is 2.00 bits per heavy atom. The second-order valence-corrected chi connectivity index (χ2v) is 11.2. The van der Waals surface area contributed by atoms with E-state index < -0.39 is 70.2 Å². The first kappa shape index (κ1) is 30.2. The van der Waals surface area contributed by atoms with E-state index in [1.807, 2.05) is 0 Å². The van der Waals surface area contributed by atoms with Gasteiger partial charge in [-0.2, -0.15) is 13.1 Å². The van der Waals surface area contributed by atoms with Crippen molar-refractivity contribution < 1.29 is 42.5 Å². The van der Waals surface area contributed by atoms with Crippen molar-refractivity contribution in [2.75, 3.05) is 12.3 Å². The van der Waals surface area contributed by atoms with Crippen LogP contribution >= 0.6 is 22.7 Å². The molecule has 19 nitrogen and oxygen atoms in total. The Bertz CT molecular complexity index is 1690. The van der Waals surface area contributed by atoms with E-state index in [2.05, 4.69) is 31.1 Å². The molecule has 2 atom stereocenters. The van der Waals surface area contributed by atoms with E-state index >= 15 is 0 Å². The van der Waals surface area contributed by atoms with E-state index in [-0.39, 0.29) is 27.4 Å². The zero-order valence-electron chi connectivity index (χ0n) is 20.9. The number of hydrogen-bond acceptors (Lipinski definition) is 15. The van der Waals surface area contributed by atoms with Gasteiger partial charge < -0.3 is 36.8 Å². The first-order valence-corrected chi connectivity index (χ1v) is 14.6.